The van der Waals surface area contributed by atoms with Crippen molar-refractivity contribution in [1.29, 1.82) is 0 Å². The second-order valence-electron chi connectivity index (χ2n) is 5.35. The molecule has 0 spiro atoms. The highest BCUT2D eigenvalue weighted by Crippen LogP contribution is 2.12. The zero-order valence-corrected chi connectivity index (χ0v) is 11.7. The van der Waals surface area contributed by atoms with Crippen LogP contribution in [0.15, 0.2) is 24.3 Å². The van der Waals surface area contributed by atoms with Crippen LogP contribution in [0.3, 0.4) is 0 Å². The van der Waals surface area contributed by atoms with Crippen LogP contribution < -0.4 is 11.1 Å². The van der Waals surface area contributed by atoms with E-state index < -0.39 is 6.04 Å². The van der Waals surface area contributed by atoms with Crippen molar-refractivity contribution in [2.45, 2.75) is 33.7 Å². The Balaban J connectivity index is 2.54. The van der Waals surface area contributed by atoms with E-state index in [0.717, 1.165) is 5.56 Å². The van der Waals surface area contributed by atoms with Crippen LogP contribution in [0.25, 0.3) is 0 Å². The van der Waals surface area contributed by atoms with Crippen LogP contribution >= 0.6 is 0 Å². The number of nitrogens with one attached hydrogen (secondary N) is 1. The van der Waals surface area contributed by atoms with E-state index in [1.54, 1.807) is 0 Å². The molecular weight excluding hydrogens is 224 g/mol. The van der Waals surface area contributed by atoms with Gasteiger partial charge in [-0.05, 0) is 24.3 Å². The third kappa shape index (κ3) is 4.15. The quantitative estimate of drug-likeness (QED) is 0.840. The molecule has 0 heterocycles. The van der Waals surface area contributed by atoms with E-state index in [4.69, 9.17) is 5.73 Å². The molecule has 3 heteroatoms. The van der Waals surface area contributed by atoms with E-state index in [2.05, 4.69) is 26.1 Å². The van der Waals surface area contributed by atoms with Gasteiger partial charge in [0.2, 0.25) is 5.91 Å². The minimum absolute atomic E-state index is 0.105. The van der Waals surface area contributed by atoms with Gasteiger partial charge in [-0.2, -0.15) is 0 Å². The van der Waals surface area contributed by atoms with Gasteiger partial charge in [0.25, 0.3) is 0 Å². The second kappa shape index (κ2) is 6.55. The van der Waals surface area contributed by atoms with Crippen molar-refractivity contribution in [3.05, 3.63) is 35.4 Å². The molecule has 1 amide bonds. The molecule has 2 unspecified atom stereocenters. The van der Waals surface area contributed by atoms with Crippen LogP contribution in [-0.4, -0.2) is 12.5 Å². The van der Waals surface area contributed by atoms with Crippen LogP contribution in [0.4, 0.5) is 0 Å². The number of nitrogens with two attached hydrogens (primary N) is 1. The highest BCUT2D eigenvalue weighted by atomic mass is 16.2. The summed E-state index contributed by atoms with van der Waals surface area (Å²) in [5.41, 5.74) is 7.96. The number of carbonyl (C=O) groups excluding carboxylic acids is 1. The second-order valence-corrected chi connectivity index (χ2v) is 5.35. The summed E-state index contributed by atoms with van der Waals surface area (Å²) in [4.78, 5) is 11.9. The molecule has 3 N–H and O–H groups in total. The molecule has 1 rings (SSSR count). The fourth-order valence-corrected chi connectivity index (χ4v) is 1.53. The van der Waals surface area contributed by atoms with Gasteiger partial charge in [-0.25, -0.2) is 0 Å². The van der Waals surface area contributed by atoms with Gasteiger partial charge >= 0.3 is 0 Å². The fraction of sp³-hybridized carbons (Fsp3) is 0.533. The van der Waals surface area contributed by atoms with E-state index in [1.807, 2.05) is 31.2 Å². The number of rotatable bonds is 5. The van der Waals surface area contributed by atoms with E-state index in [9.17, 15) is 4.79 Å². The predicted octanol–water partition coefficient (Wildman–Crippen LogP) is 2.40. The Hall–Kier alpha value is -1.35. The summed E-state index contributed by atoms with van der Waals surface area (Å²) in [5, 5.41) is 2.91. The number of benzene rings is 1. The minimum atomic E-state index is -0.579. The molecule has 0 saturated carbocycles. The van der Waals surface area contributed by atoms with Crippen LogP contribution in [-0.2, 0) is 4.79 Å². The lowest BCUT2D eigenvalue weighted by molar-refractivity contribution is -0.122. The maximum Gasteiger partial charge on any atom is 0.241 e. The van der Waals surface area contributed by atoms with Gasteiger partial charge in [-0.1, -0.05) is 50.6 Å². The van der Waals surface area contributed by atoms with Gasteiger partial charge in [-0.15, -0.1) is 0 Å². The molecule has 0 fully saturated rings. The van der Waals surface area contributed by atoms with Crippen molar-refractivity contribution < 1.29 is 4.79 Å². The van der Waals surface area contributed by atoms with Gasteiger partial charge < -0.3 is 11.1 Å². The highest BCUT2D eigenvalue weighted by molar-refractivity contribution is 5.82. The lowest BCUT2D eigenvalue weighted by atomic mass is 9.98. The average Bonchev–Trinajstić information content (AvgIpc) is 2.35. The van der Waals surface area contributed by atoms with Crippen molar-refractivity contribution >= 4 is 5.91 Å². The molecule has 0 aromatic heterocycles. The number of carbonyl (C=O) groups is 1. The number of hydrogen-bond acceptors (Lipinski definition) is 2. The first-order chi connectivity index (χ1) is 8.41. The molecule has 2 atom stereocenters. The number of hydrogen-bond donors (Lipinski definition) is 2. The summed E-state index contributed by atoms with van der Waals surface area (Å²) in [7, 11) is 0. The topological polar surface area (TPSA) is 55.1 Å². The van der Waals surface area contributed by atoms with Crippen molar-refractivity contribution in [2.75, 3.05) is 6.54 Å². The van der Waals surface area contributed by atoms with E-state index in [0.29, 0.717) is 18.4 Å². The van der Waals surface area contributed by atoms with E-state index in [-0.39, 0.29) is 5.91 Å². The molecule has 1 aromatic carbocycles. The van der Waals surface area contributed by atoms with Crippen molar-refractivity contribution in [1.82, 2.24) is 5.32 Å². The maximum atomic E-state index is 11.9. The van der Waals surface area contributed by atoms with Gasteiger partial charge in [0.05, 0.1) is 0 Å². The SMILES string of the molecule is Cc1ccc(C(N)C(=O)NCC(C)C(C)C)cc1. The van der Waals surface area contributed by atoms with Gasteiger partial charge in [0.1, 0.15) is 6.04 Å². The Kier molecular flexibility index (Phi) is 5.35. The third-order valence-corrected chi connectivity index (χ3v) is 3.46. The summed E-state index contributed by atoms with van der Waals surface area (Å²) in [6.07, 6.45) is 0. The van der Waals surface area contributed by atoms with Gasteiger partial charge in [-0.3, -0.25) is 4.79 Å². The van der Waals surface area contributed by atoms with Crippen LogP contribution in [0, 0.1) is 18.8 Å². The van der Waals surface area contributed by atoms with Crippen molar-refractivity contribution in [3.8, 4) is 0 Å². The molecular formula is C15H24N2O. The maximum absolute atomic E-state index is 11.9. The molecule has 0 aliphatic rings. The molecule has 0 bridgehead atoms. The lowest BCUT2D eigenvalue weighted by Crippen LogP contribution is -2.37. The van der Waals surface area contributed by atoms with E-state index in [1.165, 1.54) is 5.56 Å². The molecule has 0 aliphatic heterocycles. The van der Waals surface area contributed by atoms with E-state index >= 15 is 0 Å². The lowest BCUT2D eigenvalue weighted by Gasteiger charge is -2.18. The third-order valence-electron chi connectivity index (χ3n) is 3.46. The summed E-state index contributed by atoms with van der Waals surface area (Å²) in [6.45, 7) is 9.12. The Labute approximate surface area is 110 Å². The zero-order valence-electron chi connectivity index (χ0n) is 11.7. The van der Waals surface area contributed by atoms with Crippen LogP contribution in [0.2, 0.25) is 0 Å². The Morgan fingerprint density at radius 1 is 1.22 bits per heavy atom. The Morgan fingerprint density at radius 3 is 2.28 bits per heavy atom. The van der Waals surface area contributed by atoms with Crippen molar-refractivity contribution in [3.63, 3.8) is 0 Å². The fourth-order valence-electron chi connectivity index (χ4n) is 1.53. The molecule has 18 heavy (non-hydrogen) atoms. The summed E-state index contributed by atoms with van der Waals surface area (Å²) in [5.74, 6) is 0.909. The number of aryl methyl sites for hydroxylation is 1. The monoisotopic (exact) mass is 248 g/mol. The Bertz CT molecular complexity index is 384. The molecule has 3 nitrogen and oxygen atoms in total. The Morgan fingerprint density at radius 2 is 1.78 bits per heavy atom. The largest absolute Gasteiger partial charge is 0.354 e. The number of amides is 1. The first-order valence-electron chi connectivity index (χ1n) is 6.51. The summed E-state index contributed by atoms with van der Waals surface area (Å²) in [6, 6.07) is 7.18. The highest BCUT2D eigenvalue weighted by Gasteiger charge is 2.16. The van der Waals surface area contributed by atoms with Gasteiger partial charge in [0.15, 0.2) is 0 Å². The zero-order chi connectivity index (χ0) is 13.7. The first-order valence-corrected chi connectivity index (χ1v) is 6.51. The van der Waals surface area contributed by atoms with Crippen LogP contribution in [0.5, 0.6) is 0 Å². The molecule has 100 valence electrons. The van der Waals surface area contributed by atoms with Crippen LogP contribution in [0.1, 0.15) is 37.9 Å². The van der Waals surface area contributed by atoms with Gasteiger partial charge in [0, 0.05) is 6.54 Å². The molecule has 0 saturated heterocycles. The standard InChI is InChI=1S/C15H24N2O/c1-10(2)12(4)9-17-15(18)14(16)13-7-5-11(3)6-8-13/h5-8,10,12,14H,9,16H2,1-4H3,(H,17,18). The minimum Gasteiger partial charge on any atom is -0.354 e. The van der Waals surface area contributed by atoms with Crippen molar-refractivity contribution in [2.24, 2.45) is 17.6 Å². The predicted molar refractivity (Wildman–Crippen MR) is 75.1 cm³/mol. The molecule has 1 aromatic rings. The average molecular weight is 248 g/mol. The normalized spacial score (nSPS) is 14.3. The summed E-state index contributed by atoms with van der Waals surface area (Å²) >= 11 is 0. The smallest absolute Gasteiger partial charge is 0.241 e. The first kappa shape index (κ1) is 14.7. The molecule has 0 aliphatic carbocycles. The summed E-state index contributed by atoms with van der Waals surface area (Å²) < 4.78 is 0. The molecule has 0 radical (unpaired) electrons.